The van der Waals surface area contributed by atoms with E-state index in [0.29, 0.717) is 42.3 Å². The number of rotatable bonds is 9. The molecule has 1 nitrogen and oxygen atoms in total. The molecule has 0 aliphatic rings. The largest absolute Gasteiger partial charge is 0.432 e. The van der Waals surface area contributed by atoms with Crippen molar-refractivity contribution in [1.29, 1.82) is 0 Å². The van der Waals surface area contributed by atoms with Crippen molar-refractivity contribution in [3.8, 4) is 28.0 Å². The first-order valence-corrected chi connectivity index (χ1v) is 12.8. The summed E-state index contributed by atoms with van der Waals surface area (Å²) < 4.78 is 159. The molecule has 0 heterocycles. The Labute approximate surface area is 238 Å². The first-order valence-electron chi connectivity index (χ1n) is 12.8. The van der Waals surface area contributed by atoms with Crippen LogP contribution in [0.2, 0.25) is 0 Å². The number of hydrogen-bond acceptors (Lipinski definition) is 1. The predicted molar refractivity (Wildman–Crippen MR) is 136 cm³/mol. The van der Waals surface area contributed by atoms with Crippen LogP contribution in [-0.4, -0.2) is 0 Å². The number of alkyl halides is 5. The van der Waals surface area contributed by atoms with Gasteiger partial charge in [0.05, 0.1) is 0 Å². The number of aryl methyl sites for hydroxylation is 1. The summed E-state index contributed by atoms with van der Waals surface area (Å²) in [5.41, 5.74) is -5.37. The van der Waals surface area contributed by atoms with E-state index >= 15 is 0 Å². The van der Waals surface area contributed by atoms with Gasteiger partial charge in [0.1, 0.15) is 51.8 Å². The quantitative estimate of drug-likeness (QED) is 0.134. The van der Waals surface area contributed by atoms with Crippen molar-refractivity contribution < 1.29 is 53.0 Å². The number of halogens is 11. The lowest BCUT2D eigenvalue weighted by molar-refractivity contribution is -0.189. The molecule has 0 unspecified atom stereocenters. The van der Waals surface area contributed by atoms with Gasteiger partial charge in [-0.3, -0.25) is 0 Å². The third kappa shape index (κ3) is 6.94. The first-order chi connectivity index (χ1) is 20.1. The molecule has 4 aromatic rings. The first kappa shape index (κ1) is 31.8. The van der Waals surface area contributed by atoms with E-state index in [9.17, 15) is 48.3 Å². The highest BCUT2D eigenvalue weighted by atomic mass is 19.4. The zero-order valence-electron chi connectivity index (χ0n) is 22.2. The van der Waals surface area contributed by atoms with Gasteiger partial charge in [0, 0.05) is 17.2 Å². The van der Waals surface area contributed by atoms with Gasteiger partial charge in [0.2, 0.25) is 0 Å². The minimum absolute atomic E-state index is 0.203. The standard InChI is InChI=1S/C31H21F11O/c1-2-3-4-5-16-6-8-20(22(32)10-16)18-13-26(36)29(27(37)14-18)31(41,42)43-19-7-9-21(23(33)15-19)17-11-24(34)28(25(35)12-17)30(38,39)40/h6-15H,2-5H2,1H3. The van der Waals surface area contributed by atoms with Gasteiger partial charge in [-0.05, 0) is 72.0 Å². The number of benzene rings is 4. The summed E-state index contributed by atoms with van der Waals surface area (Å²) in [6.07, 6.45) is -6.84. The topological polar surface area (TPSA) is 9.23 Å². The maximum atomic E-state index is 14.9. The molecule has 0 N–H and O–H groups in total. The molecule has 0 saturated heterocycles. The van der Waals surface area contributed by atoms with Crippen molar-refractivity contribution in [3.05, 3.63) is 112 Å². The van der Waals surface area contributed by atoms with Crippen molar-refractivity contribution >= 4 is 0 Å². The third-order valence-electron chi connectivity index (χ3n) is 6.57. The van der Waals surface area contributed by atoms with Crippen LogP contribution in [0.15, 0.2) is 60.7 Å². The Hall–Kier alpha value is -4.09. The lowest BCUT2D eigenvalue weighted by Crippen LogP contribution is -2.25. The van der Waals surface area contributed by atoms with Gasteiger partial charge >= 0.3 is 12.3 Å². The molecule has 0 aromatic heterocycles. The molecule has 0 amide bonds. The maximum absolute atomic E-state index is 14.9. The molecule has 0 bridgehead atoms. The fourth-order valence-corrected chi connectivity index (χ4v) is 4.53. The molecular weight excluding hydrogens is 597 g/mol. The normalized spacial score (nSPS) is 12.1. The Morgan fingerprint density at radius 3 is 1.51 bits per heavy atom. The summed E-state index contributed by atoms with van der Waals surface area (Å²) in [5.74, 6) is -10.9. The molecule has 4 rings (SSSR count). The van der Waals surface area contributed by atoms with E-state index in [4.69, 9.17) is 0 Å². The van der Waals surface area contributed by atoms with E-state index < -0.39 is 75.2 Å². The molecule has 4 aromatic carbocycles. The van der Waals surface area contributed by atoms with E-state index in [1.807, 2.05) is 6.92 Å². The van der Waals surface area contributed by atoms with Gasteiger partial charge in [-0.15, -0.1) is 0 Å². The predicted octanol–water partition coefficient (Wildman–Crippen LogP) is 10.7. The molecule has 0 radical (unpaired) electrons. The number of ether oxygens (including phenoxy) is 1. The van der Waals surface area contributed by atoms with Crippen LogP contribution in [0.3, 0.4) is 0 Å². The second-order valence-corrected chi connectivity index (χ2v) is 9.66. The second-order valence-electron chi connectivity index (χ2n) is 9.66. The molecule has 0 aliphatic carbocycles. The van der Waals surface area contributed by atoms with Crippen molar-refractivity contribution in [2.75, 3.05) is 0 Å². The Bertz CT molecular complexity index is 1600. The van der Waals surface area contributed by atoms with E-state index in [0.717, 1.165) is 19.3 Å². The maximum Gasteiger partial charge on any atom is 0.432 e. The van der Waals surface area contributed by atoms with Crippen LogP contribution in [0.5, 0.6) is 5.75 Å². The van der Waals surface area contributed by atoms with Crippen LogP contribution in [0.4, 0.5) is 48.3 Å². The Kier molecular flexibility index (Phi) is 9.08. The van der Waals surface area contributed by atoms with Crippen molar-refractivity contribution in [3.63, 3.8) is 0 Å². The Morgan fingerprint density at radius 1 is 0.558 bits per heavy atom. The van der Waals surface area contributed by atoms with Gasteiger partial charge in [0.25, 0.3) is 0 Å². The summed E-state index contributed by atoms with van der Waals surface area (Å²) in [4.78, 5) is 0. The summed E-state index contributed by atoms with van der Waals surface area (Å²) in [6.45, 7) is 2.00. The van der Waals surface area contributed by atoms with Crippen LogP contribution in [0, 0.1) is 34.9 Å². The summed E-state index contributed by atoms with van der Waals surface area (Å²) in [5, 5.41) is 0. The average molecular weight is 618 g/mol. The van der Waals surface area contributed by atoms with Crippen LogP contribution in [-0.2, 0) is 18.7 Å². The Morgan fingerprint density at radius 2 is 1.05 bits per heavy atom. The molecule has 0 fully saturated rings. The summed E-state index contributed by atoms with van der Waals surface area (Å²) in [7, 11) is 0. The molecule has 43 heavy (non-hydrogen) atoms. The zero-order valence-corrected chi connectivity index (χ0v) is 22.2. The fraction of sp³-hybridized carbons (Fsp3) is 0.226. The number of unbranched alkanes of at least 4 members (excludes halogenated alkanes) is 2. The van der Waals surface area contributed by atoms with E-state index in [-0.39, 0.29) is 23.3 Å². The van der Waals surface area contributed by atoms with E-state index in [2.05, 4.69) is 4.74 Å². The monoisotopic (exact) mass is 618 g/mol. The van der Waals surface area contributed by atoms with Crippen molar-refractivity contribution in [1.82, 2.24) is 0 Å². The molecule has 228 valence electrons. The average Bonchev–Trinajstić information content (AvgIpc) is 2.87. The smallest absolute Gasteiger partial charge is 0.429 e. The molecule has 0 saturated carbocycles. The minimum Gasteiger partial charge on any atom is -0.429 e. The molecule has 0 atom stereocenters. The van der Waals surface area contributed by atoms with E-state index in [1.54, 1.807) is 6.07 Å². The molecule has 12 heteroatoms. The lowest BCUT2D eigenvalue weighted by atomic mass is 9.99. The minimum atomic E-state index is -5.37. The third-order valence-corrected chi connectivity index (χ3v) is 6.57. The lowest BCUT2D eigenvalue weighted by Gasteiger charge is -2.20. The summed E-state index contributed by atoms with van der Waals surface area (Å²) in [6, 6.07) is 7.03. The van der Waals surface area contributed by atoms with Gasteiger partial charge < -0.3 is 4.74 Å². The molecular formula is C31H21F11O. The molecule has 0 aliphatic heterocycles. The van der Waals surface area contributed by atoms with Gasteiger partial charge in [0.15, 0.2) is 0 Å². The van der Waals surface area contributed by atoms with Crippen LogP contribution in [0.1, 0.15) is 42.9 Å². The van der Waals surface area contributed by atoms with Crippen LogP contribution < -0.4 is 4.74 Å². The van der Waals surface area contributed by atoms with Crippen molar-refractivity contribution in [2.45, 2.75) is 44.9 Å². The van der Waals surface area contributed by atoms with Gasteiger partial charge in [-0.2, -0.15) is 22.0 Å². The summed E-state index contributed by atoms with van der Waals surface area (Å²) >= 11 is 0. The zero-order chi connectivity index (χ0) is 31.7. The SMILES string of the molecule is CCCCCc1ccc(-c2cc(F)c(C(F)(F)Oc3ccc(-c4cc(F)c(C(F)(F)F)c(F)c4)c(F)c3)c(F)c2)c(F)c1. The van der Waals surface area contributed by atoms with Crippen LogP contribution >= 0.6 is 0 Å². The highest BCUT2D eigenvalue weighted by Gasteiger charge is 2.42. The highest BCUT2D eigenvalue weighted by molar-refractivity contribution is 5.67. The van der Waals surface area contributed by atoms with Gasteiger partial charge in [-0.1, -0.05) is 31.9 Å². The van der Waals surface area contributed by atoms with Gasteiger partial charge in [-0.25, -0.2) is 26.3 Å². The fourth-order valence-electron chi connectivity index (χ4n) is 4.53. The second kappa shape index (κ2) is 12.3. The Balaban J connectivity index is 1.59. The van der Waals surface area contributed by atoms with E-state index in [1.165, 1.54) is 12.1 Å². The van der Waals surface area contributed by atoms with Crippen LogP contribution in [0.25, 0.3) is 22.3 Å². The number of hydrogen-bond donors (Lipinski definition) is 0. The highest BCUT2D eigenvalue weighted by Crippen LogP contribution is 2.40. The molecule has 0 spiro atoms. The van der Waals surface area contributed by atoms with Crippen molar-refractivity contribution in [2.24, 2.45) is 0 Å².